The first-order valence-corrected chi connectivity index (χ1v) is 9.69. The van der Waals surface area contributed by atoms with Crippen LogP contribution in [0.25, 0.3) is 11.1 Å². The van der Waals surface area contributed by atoms with E-state index in [9.17, 15) is 4.79 Å². The van der Waals surface area contributed by atoms with E-state index in [-0.39, 0.29) is 18.8 Å². The third-order valence-corrected chi connectivity index (χ3v) is 4.72. The number of aliphatic carboxylic acids is 1. The fourth-order valence-electron chi connectivity index (χ4n) is 2.98. The second-order valence-corrected chi connectivity index (χ2v) is 6.86. The number of nitrogens with zero attached hydrogens (tertiary/aromatic N) is 1. The van der Waals surface area contributed by atoms with Crippen molar-refractivity contribution in [3.63, 3.8) is 0 Å². The molecular weight excluding hydrogens is 425 g/mol. The van der Waals surface area contributed by atoms with Crippen LogP contribution in [0.3, 0.4) is 0 Å². The van der Waals surface area contributed by atoms with Gasteiger partial charge in [0.25, 0.3) is 0 Å². The van der Waals surface area contributed by atoms with E-state index in [1.54, 1.807) is 12.4 Å². The Kier molecular flexibility index (Phi) is 9.12. The van der Waals surface area contributed by atoms with Gasteiger partial charge in [-0.3, -0.25) is 9.78 Å². The van der Waals surface area contributed by atoms with Gasteiger partial charge in [-0.05, 0) is 48.4 Å². The van der Waals surface area contributed by atoms with Crippen molar-refractivity contribution in [2.75, 3.05) is 6.61 Å². The highest BCUT2D eigenvalue weighted by molar-refractivity contribution is 6.33. The number of halogens is 2. The monoisotopic (exact) mass is 447 g/mol. The Labute approximate surface area is 187 Å². The molecule has 0 aliphatic carbocycles. The highest BCUT2D eigenvalue weighted by atomic mass is 35.5. The lowest BCUT2D eigenvalue weighted by Crippen LogP contribution is -2.10. The number of carboxylic acids is 1. The molecule has 0 unspecified atom stereocenters. The van der Waals surface area contributed by atoms with E-state index in [0.717, 1.165) is 22.3 Å². The van der Waals surface area contributed by atoms with Gasteiger partial charge in [0.2, 0.25) is 0 Å². The van der Waals surface area contributed by atoms with Gasteiger partial charge in [0, 0.05) is 35.2 Å². The first kappa shape index (κ1) is 23.7. The molecular formula is C23H23Cl2NO4. The second-order valence-electron chi connectivity index (χ2n) is 6.46. The van der Waals surface area contributed by atoms with E-state index in [2.05, 4.69) is 4.98 Å². The number of ether oxygens (including phenoxy) is 2. The summed E-state index contributed by atoms with van der Waals surface area (Å²) < 4.78 is 11.4. The zero-order valence-corrected chi connectivity index (χ0v) is 18.0. The minimum Gasteiger partial charge on any atom is -0.489 e. The molecule has 0 saturated heterocycles. The van der Waals surface area contributed by atoms with Crippen molar-refractivity contribution < 1.29 is 19.4 Å². The fraction of sp³-hybridized carbons (Fsp3) is 0.217. The van der Waals surface area contributed by atoms with Gasteiger partial charge in [-0.15, -0.1) is 12.4 Å². The summed E-state index contributed by atoms with van der Waals surface area (Å²) in [6.45, 7) is 2.68. The smallest absolute Gasteiger partial charge is 0.306 e. The highest BCUT2D eigenvalue weighted by Crippen LogP contribution is 2.29. The number of pyridine rings is 1. The quantitative estimate of drug-likeness (QED) is 0.438. The SMILES string of the molecule is CCO[C@@H](CC(=O)O)c1ccc(OCc2ccc(Cl)c(-c3cccnc3)c2)cc1.Cl. The molecule has 0 amide bonds. The lowest BCUT2D eigenvalue weighted by molar-refractivity contribution is -0.140. The Bertz CT molecular complexity index is 949. The maximum Gasteiger partial charge on any atom is 0.306 e. The van der Waals surface area contributed by atoms with Crippen LogP contribution in [0, 0.1) is 0 Å². The third kappa shape index (κ3) is 6.46. The number of hydrogen-bond donors (Lipinski definition) is 1. The van der Waals surface area contributed by atoms with E-state index in [0.29, 0.717) is 24.0 Å². The van der Waals surface area contributed by atoms with Gasteiger partial charge in [0.1, 0.15) is 12.4 Å². The first-order valence-electron chi connectivity index (χ1n) is 9.31. The summed E-state index contributed by atoms with van der Waals surface area (Å²) >= 11 is 6.33. The predicted octanol–water partition coefficient (Wildman–Crippen LogP) is 5.96. The van der Waals surface area contributed by atoms with Crippen molar-refractivity contribution >= 4 is 30.0 Å². The number of benzene rings is 2. The minimum absolute atomic E-state index is 0. The van der Waals surface area contributed by atoms with Crippen LogP contribution in [0.5, 0.6) is 5.75 Å². The largest absolute Gasteiger partial charge is 0.489 e. The molecule has 1 heterocycles. The summed E-state index contributed by atoms with van der Waals surface area (Å²) in [5.74, 6) is -0.201. The molecule has 0 bridgehead atoms. The van der Waals surface area contributed by atoms with E-state index >= 15 is 0 Å². The lowest BCUT2D eigenvalue weighted by Gasteiger charge is -2.16. The summed E-state index contributed by atoms with van der Waals surface area (Å²) in [6.07, 6.45) is 2.96. The summed E-state index contributed by atoms with van der Waals surface area (Å²) in [6, 6.07) is 16.9. The Morgan fingerprint density at radius 2 is 1.93 bits per heavy atom. The van der Waals surface area contributed by atoms with Gasteiger partial charge in [0.05, 0.1) is 12.5 Å². The number of carboxylic acid groups (broad SMARTS) is 1. The van der Waals surface area contributed by atoms with Gasteiger partial charge in [-0.25, -0.2) is 0 Å². The van der Waals surface area contributed by atoms with Crippen LogP contribution < -0.4 is 4.74 Å². The molecule has 1 atom stereocenters. The summed E-state index contributed by atoms with van der Waals surface area (Å²) in [7, 11) is 0. The molecule has 158 valence electrons. The van der Waals surface area contributed by atoms with Crippen LogP contribution in [0.15, 0.2) is 67.0 Å². The van der Waals surface area contributed by atoms with Crippen molar-refractivity contribution in [3.8, 4) is 16.9 Å². The molecule has 0 spiro atoms. The topological polar surface area (TPSA) is 68.7 Å². The number of rotatable bonds is 9. The maximum absolute atomic E-state index is 11.0. The van der Waals surface area contributed by atoms with Crippen LogP contribution in [-0.4, -0.2) is 22.7 Å². The zero-order valence-electron chi connectivity index (χ0n) is 16.5. The molecule has 0 aliphatic heterocycles. The summed E-state index contributed by atoms with van der Waals surface area (Å²) in [5, 5.41) is 9.70. The van der Waals surface area contributed by atoms with E-state index < -0.39 is 12.1 Å². The Morgan fingerprint density at radius 3 is 2.57 bits per heavy atom. The molecule has 1 N–H and O–H groups in total. The van der Waals surface area contributed by atoms with Crippen LogP contribution in [0.4, 0.5) is 0 Å². The Morgan fingerprint density at radius 1 is 1.17 bits per heavy atom. The molecule has 0 radical (unpaired) electrons. The van der Waals surface area contributed by atoms with Gasteiger partial charge < -0.3 is 14.6 Å². The van der Waals surface area contributed by atoms with Gasteiger partial charge in [-0.1, -0.05) is 35.9 Å². The molecule has 1 aromatic heterocycles. The molecule has 0 aliphatic rings. The van der Waals surface area contributed by atoms with E-state index in [4.69, 9.17) is 26.2 Å². The van der Waals surface area contributed by atoms with Crippen molar-refractivity contribution in [2.45, 2.75) is 26.1 Å². The Hall–Kier alpha value is -2.60. The van der Waals surface area contributed by atoms with Crippen molar-refractivity contribution in [2.24, 2.45) is 0 Å². The van der Waals surface area contributed by atoms with Crippen molar-refractivity contribution in [1.29, 1.82) is 0 Å². The number of aromatic nitrogens is 1. The molecule has 7 heteroatoms. The normalized spacial score (nSPS) is 11.4. The van der Waals surface area contributed by atoms with Crippen LogP contribution >= 0.6 is 24.0 Å². The van der Waals surface area contributed by atoms with Crippen LogP contribution in [-0.2, 0) is 16.1 Å². The zero-order chi connectivity index (χ0) is 20.6. The van der Waals surface area contributed by atoms with Gasteiger partial charge in [0.15, 0.2) is 0 Å². The molecule has 5 nitrogen and oxygen atoms in total. The predicted molar refractivity (Wildman–Crippen MR) is 119 cm³/mol. The Balaban J connectivity index is 0.00000320. The van der Waals surface area contributed by atoms with Gasteiger partial charge >= 0.3 is 5.97 Å². The number of hydrogen-bond acceptors (Lipinski definition) is 4. The molecule has 3 rings (SSSR count). The average Bonchev–Trinajstić information content (AvgIpc) is 2.73. The highest BCUT2D eigenvalue weighted by Gasteiger charge is 2.15. The standard InChI is InChI=1S/C23H22ClNO4.ClH/c1-2-28-22(13-23(26)27)17-6-8-19(9-7-17)29-15-16-5-10-21(24)20(12-16)18-4-3-11-25-14-18;/h3-12,14,22H,2,13,15H2,1H3,(H,26,27);1H/t22-;/m0./s1. The van der Waals surface area contributed by atoms with E-state index in [1.165, 1.54) is 0 Å². The molecule has 3 aromatic rings. The fourth-order valence-corrected chi connectivity index (χ4v) is 3.21. The second kappa shape index (κ2) is 11.6. The molecule has 30 heavy (non-hydrogen) atoms. The molecule has 0 saturated carbocycles. The minimum atomic E-state index is -0.893. The first-order chi connectivity index (χ1) is 14.1. The van der Waals surface area contributed by atoms with Crippen LogP contribution in [0.1, 0.15) is 30.6 Å². The van der Waals surface area contributed by atoms with Gasteiger partial charge in [-0.2, -0.15) is 0 Å². The average molecular weight is 448 g/mol. The van der Waals surface area contributed by atoms with Crippen molar-refractivity contribution in [1.82, 2.24) is 4.98 Å². The maximum atomic E-state index is 11.0. The third-order valence-electron chi connectivity index (χ3n) is 4.39. The lowest BCUT2D eigenvalue weighted by atomic mass is 10.0. The van der Waals surface area contributed by atoms with E-state index in [1.807, 2.05) is 61.5 Å². The number of carbonyl (C=O) groups is 1. The molecule has 2 aromatic carbocycles. The van der Waals surface area contributed by atoms with Crippen molar-refractivity contribution in [3.05, 3.63) is 83.1 Å². The summed E-state index contributed by atoms with van der Waals surface area (Å²) in [5.41, 5.74) is 3.65. The summed E-state index contributed by atoms with van der Waals surface area (Å²) in [4.78, 5) is 15.2. The van der Waals surface area contributed by atoms with Crippen LogP contribution in [0.2, 0.25) is 5.02 Å². The molecule has 0 fully saturated rings.